The van der Waals surface area contributed by atoms with Crippen LogP contribution in [-0.2, 0) is 14.4 Å². The van der Waals surface area contributed by atoms with Crippen molar-refractivity contribution in [3.8, 4) is 11.8 Å². The molecule has 2 heterocycles. The molecule has 1 saturated heterocycles. The number of aromatic nitrogens is 1. The van der Waals surface area contributed by atoms with E-state index in [-0.39, 0.29) is 11.3 Å². The zero-order valence-corrected chi connectivity index (χ0v) is 18.6. The van der Waals surface area contributed by atoms with Crippen molar-refractivity contribution in [1.29, 1.82) is 5.26 Å². The van der Waals surface area contributed by atoms with E-state index in [1.807, 2.05) is 0 Å². The molecule has 1 aromatic carbocycles. The second kappa shape index (κ2) is 10.4. The number of benzene rings is 1. The van der Waals surface area contributed by atoms with Crippen molar-refractivity contribution >= 4 is 34.5 Å². The summed E-state index contributed by atoms with van der Waals surface area (Å²) >= 11 is 0. The van der Waals surface area contributed by atoms with E-state index in [1.54, 1.807) is 12.1 Å². The monoisotopic (exact) mass is 488 g/mol. The standard InChI is InChI=1S/C22H22F2N6O5/c1-12(26)20(33)29-18(31)10-35-14-2-3-17-16(6-14)15(4-5-27-17)21(34)28-9-19(32)30-11-22(23,24)7-13(30)8-25/h2-6,12-13H,7,9-11,26H2,1H3,(H,28,34)(H,29,31,33)/t12?,13-/m1/s1. The molecule has 13 heteroatoms. The van der Waals surface area contributed by atoms with Crippen molar-refractivity contribution in [3.63, 3.8) is 0 Å². The third-order valence-electron chi connectivity index (χ3n) is 5.14. The van der Waals surface area contributed by atoms with Crippen LogP contribution in [0.15, 0.2) is 30.5 Å². The van der Waals surface area contributed by atoms with Gasteiger partial charge in [-0.1, -0.05) is 0 Å². The minimum absolute atomic E-state index is 0.119. The number of fused-ring (bicyclic) bond motifs is 1. The van der Waals surface area contributed by atoms with Gasteiger partial charge in [-0.2, -0.15) is 5.26 Å². The van der Waals surface area contributed by atoms with Gasteiger partial charge in [-0.3, -0.25) is 29.5 Å². The van der Waals surface area contributed by atoms with Crippen molar-refractivity contribution in [2.45, 2.75) is 31.4 Å². The summed E-state index contributed by atoms with van der Waals surface area (Å²) in [5, 5.41) is 13.8. The second-order valence-electron chi connectivity index (χ2n) is 7.94. The maximum atomic E-state index is 13.6. The van der Waals surface area contributed by atoms with Gasteiger partial charge in [-0.05, 0) is 31.2 Å². The number of hydrogen-bond acceptors (Lipinski definition) is 8. The first-order chi connectivity index (χ1) is 16.5. The lowest BCUT2D eigenvalue weighted by Gasteiger charge is -2.19. The number of amides is 4. The van der Waals surface area contributed by atoms with E-state index < -0.39 is 67.8 Å². The van der Waals surface area contributed by atoms with Crippen LogP contribution >= 0.6 is 0 Å². The molecule has 4 amide bonds. The molecule has 1 aliphatic rings. The Kier molecular flexibility index (Phi) is 7.55. The predicted molar refractivity (Wildman–Crippen MR) is 117 cm³/mol. The lowest BCUT2D eigenvalue weighted by atomic mass is 10.1. The van der Waals surface area contributed by atoms with Crippen LogP contribution in [-0.4, -0.2) is 71.2 Å². The van der Waals surface area contributed by atoms with E-state index in [2.05, 4.69) is 15.6 Å². The van der Waals surface area contributed by atoms with Crippen molar-refractivity contribution in [2.24, 2.45) is 5.73 Å². The van der Waals surface area contributed by atoms with Gasteiger partial charge in [-0.15, -0.1) is 0 Å². The number of alkyl halides is 2. The highest BCUT2D eigenvalue weighted by molar-refractivity contribution is 6.07. The van der Waals surface area contributed by atoms with Crippen molar-refractivity contribution in [1.82, 2.24) is 20.5 Å². The molecule has 4 N–H and O–H groups in total. The van der Waals surface area contributed by atoms with E-state index in [0.29, 0.717) is 10.9 Å². The molecule has 0 radical (unpaired) electrons. The van der Waals surface area contributed by atoms with Crippen LogP contribution in [0.4, 0.5) is 8.78 Å². The molecule has 0 bridgehead atoms. The Hall–Kier alpha value is -4.18. The first kappa shape index (κ1) is 25.4. The molecule has 1 aliphatic heterocycles. The summed E-state index contributed by atoms with van der Waals surface area (Å²) in [6, 6.07) is 5.43. The molecule has 3 rings (SSSR count). The lowest BCUT2D eigenvalue weighted by Crippen LogP contribution is -2.43. The third-order valence-corrected chi connectivity index (χ3v) is 5.14. The highest BCUT2D eigenvalue weighted by atomic mass is 19.3. The largest absolute Gasteiger partial charge is 0.484 e. The highest BCUT2D eigenvalue weighted by Crippen LogP contribution is 2.31. The third kappa shape index (κ3) is 6.24. The molecule has 0 saturated carbocycles. The number of carbonyl (C=O) groups excluding carboxylic acids is 4. The summed E-state index contributed by atoms with van der Waals surface area (Å²) in [4.78, 5) is 53.3. The van der Waals surface area contributed by atoms with Gasteiger partial charge in [0, 0.05) is 18.0 Å². The zero-order valence-electron chi connectivity index (χ0n) is 18.6. The number of hydrogen-bond donors (Lipinski definition) is 3. The number of imide groups is 1. The molecule has 184 valence electrons. The summed E-state index contributed by atoms with van der Waals surface area (Å²) in [6.45, 7) is -0.536. The van der Waals surface area contributed by atoms with Crippen LogP contribution in [0, 0.1) is 11.3 Å². The Balaban J connectivity index is 1.68. The topological polar surface area (TPSA) is 168 Å². The quantitative estimate of drug-likeness (QED) is 0.493. The van der Waals surface area contributed by atoms with E-state index in [1.165, 1.54) is 31.3 Å². The van der Waals surface area contributed by atoms with Gasteiger partial charge in [0.2, 0.25) is 11.8 Å². The molecular weight excluding hydrogens is 466 g/mol. The summed E-state index contributed by atoms with van der Waals surface area (Å²) in [7, 11) is 0. The van der Waals surface area contributed by atoms with Crippen LogP contribution in [0.1, 0.15) is 23.7 Å². The maximum absolute atomic E-state index is 13.6. The van der Waals surface area contributed by atoms with Crippen LogP contribution in [0.5, 0.6) is 5.75 Å². The number of nitriles is 1. The Morgan fingerprint density at radius 1 is 1.34 bits per heavy atom. The number of pyridine rings is 1. The normalized spacial score (nSPS) is 17.3. The van der Waals surface area contributed by atoms with Crippen molar-refractivity contribution < 1.29 is 32.7 Å². The van der Waals surface area contributed by atoms with Crippen LogP contribution in [0.25, 0.3) is 10.9 Å². The molecule has 35 heavy (non-hydrogen) atoms. The first-order valence-electron chi connectivity index (χ1n) is 10.5. The molecule has 2 atom stereocenters. The Bertz CT molecular complexity index is 1210. The highest BCUT2D eigenvalue weighted by Gasteiger charge is 2.47. The molecule has 0 aliphatic carbocycles. The van der Waals surface area contributed by atoms with Crippen molar-refractivity contribution in [3.05, 3.63) is 36.0 Å². The van der Waals surface area contributed by atoms with Gasteiger partial charge in [0.15, 0.2) is 6.61 Å². The molecule has 1 fully saturated rings. The summed E-state index contributed by atoms with van der Waals surface area (Å²) in [6.07, 6.45) is 0.623. The number of nitrogens with one attached hydrogen (secondary N) is 2. The van der Waals surface area contributed by atoms with Gasteiger partial charge < -0.3 is 20.7 Å². The molecule has 0 spiro atoms. The molecular formula is C22H22F2N6O5. The number of carbonyl (C=O) groups is 4. The number of halogens is 2. The zero-order chi connectivity index (χ0) is 25.8. The van der Waals surface area contributed by atoms with Crippen LogP contribution in [0.2, 0.25) is 0 Å². The van der Waals surface area contributed by atoms with E-state index in [9.17, 15) is 28.0 Å². The average Bonchev–Trinajstić information content (AvgIpc) is 3.15. The average molecular weight is 488 g/mol. The van der Waals surface area contributed by atoms with Crippen molar-refractivity contribution in [2.75, 3.05) is 19.7 Å². The summed E-state index contributed by atoms with van der Waals surface area (Å²) < 4.78 is 32.5. The Labute approximate surface area is 198 Å². The molecule has 2 aromatic rings. The number of nitrogens with zero attached hydrogens (tertiary/aromatic N) is 3. The van der Waals surface area contributed by atoms with E-state index in [4.69, 9.17) is 15.7 Å². The van der Waals surface area contributed by atoms with Gasteiger partial charge >= 0.3 is 0 Å². The molecule has 1 unspecified atom stereocenters. The SMILES string of the molecule is CC(N)C(=O)NC(=O)COc1ccc2nccc(C(=O)NCC(=O)N3CC(F)(F)C[C@@H]3C#N)c2c1. The fraction of sp³-hybridized carbons (Fsp3) is 0.364. The van der Waals surface area contributed by atoms with Gasteiger partial charge in [0.05, 0.1) is 36.3 Å². The van der Waals surface area contributed by atoms with Gasteiger partial charge in [0.25, 0.3) is 17.7 Å². The first-order valence-corrected chi connectivity index (χ1v) is 10.5. The smallest absolute Gasteiger partial charge is 0.268 e. The molecule has 11 nitrogen and oxygen atoms in total. The second-order valence-corrected chi connectivity index (χ2v) is 7.94. The summed E-state index contributed by atoms with van der Waals surface area (Å²) in [5.74, 6) is -5.81. The van der Waals surface area contributed by atoms with Gasteiger partial charge in [0.1, 0.15) is 11.8 Å². The summed E-state index contributed by atoms with van der Waals surface area (Å²) in [5.41, 5.74) is 5.91. The number of ether oxygens (including phenoxy) is 1. The fourth-order valence-corrected chi connectivity index (χ4v) is 3.40. The Morgan fingerprint density at radius 2 is 2.09 bits per heavy atom. The minimum Gasteiger partial charge on any atom is -0.484 e. The number of nitrogens with two attached hydrogens (primary N) is 1. The fourth-order valence-electron chi connectivity index (χ4n) is 3.40. The predicted octanol–water partition coefficient (Wildman–Crippen LogP) is 0.0932. The van der Waals surface area contributed by atoms with E-state index >= 15 is 0 Å². The maximum Gasteiger partial charge on any atom is 0.268 e. The number of rotatable bonds is 7. The lowest BCUT2D eigenvalue weighted by molar-refractivity contribution is -0.132. The Morgan fingerprint density at radius 3 is 2.77 bits per heavy atom. The molecule has 1 aromatic heterocycles. The number of likely N-dealkylation sites (tertiary alicyclic amines) is 1. The van der Waals surface area contributed by atoms with Crippen LogP contribution < -0.4 is 21.1 Å². The van der Waals surface area contributed by atoms with E-state index in [0.717, 1.165) is 4.90 Å². The minimum atomic E-state index is -3.16. The van der Waals surface area contributed by atoms with Crippen LogP contribution in [0.3, 0.4) is 0 Å². The van der Waals surface area contributed by atoms with Gasteiger partial charge in [-0.25, -0.2) is 8.78 Å².